The summed E-state index contributed by atoms with van der Waals surface area (Å²) in [6.45, 7) is 3.73. The molecule has 3 aromatic rings. The average Bonchev–Trinajstić information content (AvgIpc) is 3.09. The minimum absolute atomic E-state index is 0.0576. The van der Waals surface area contributed by atoms with E-state index in [2.05, 4.69) is 0 Å². The van der Waals surface area contributed by atoms with E-state index >= 15 is 0 Å². The molecule has 2 N–H and O–H groups in total. The molecule has 3 atom stereocenters. The van der Waals surface area contributed by atoms with Crippen LogP contribution in [-0.4, -0.2) is 39.7 Å². The van der Waals surface area contributed by atoms with Gasteiger partial charge in [-0.1, -0.05) is 12.1 Å². The maximum atomic E-state index is 14.8. The molecular formula is C24H27F2NO4. The predicted molar refractivity (Wildman–Crippen MR) is 113 cm³/mol. The van der Waals surface area contributed by atoms with Gasteiger partial charge in [0.15, 0.2) is 0 Å². The maximum Gasteiger partial charge on any atom is 0.132 e. The molecule has 0 spiro atoms. The van der Waals surface area contributed by atoms with Gasteiger partial charge < -0.3 is 24.3 Å². The Morgan fingerprint density at radius 2 is 1.97 bits per heavy atom. The monoisotopic (exact) mass is 431 g/mol. The smallest absolute Gasteiger partial charge is 0.132 e. The van der Waals surface area contributed by atoms with Crippen molar-refractivity contribution < 1.29 is 28.5 Å². The normalized spacial score (nSPS) is 21.7. The van der Waals surface area contributed by atoms with E-state index in [-0.39, 0.29) is 19.3 Å². The van der Waals surface area contributed by atoms with Crippen molar-refractivity contribution in [3.8, 4) is 5.75 Å². The number of rotatable bonds is 6. The van der Waals surface area contributed by atoms with E-state index in [1.54, 1.807) is 35.0 Å². The fraction of sp³-hybridized carbons (Fsp3) is 0.417. The summed E-state index contributed by atoms with van der Waals surface area (Å²) < 4.78 is 42.8. The van der Waals surface area contributed by atoms with Gasteiger partial charge in [0.05, 0.1) is 43.1 Å². The number of fused-ring (bicyclic) bond motifs is 1. The number of hydrogen-bond donors (Lipinski definition) is 2. The van der Waals surface area contributed by atoms with Crippen LogP contribution in [0.15, 0.2) is 42.6 Å². The van der Waals surface area contributed by atoms with Crippen molar-refractivity contribution in [1.82, 2.24) is 4.57 Å². The molecule has 7 heteroatoms. The Morgan fingerprint density at radius 3 is 2.68 bits per heavy atom. The van der Waals surface area contributed by atoms with Crippen LogP contribution >= 0.6 is 0 Å². The van der Waals surface area contributed by atoms with E-state index < -0.39 is 29.9 Å². The van der Waals surface area contributed by atoms with Gasteiger partial charge in [0.1, 0.15) is 17.4 Å². The molecular weight excluding hydrogens is 404 g/mol. The van der Waals surface area contributed by atoms with Gasteiger partial charge in [-0.3, -0.25) is 0 Å². The van der Waals surface area contributed by atoms with Gasteiger partial charge in [0.25, 0.3) is 0 Å². The maximum absolute atomic E-state index is 14.8. The van der Waals surface area contributed by atoms with Gasteiger partial charge in [-0.2, -0.15) is 0 Å². The second kappa shape index (κ2) is 8.94. The number of aliphatic hydroxyl groups excluding tert-OH is 2. The van der Waals surface area contributed by atoms with E-state index in [0.717, 1.165) is 0 Å². The van der Waals surface area contributed by atoms with Crippen molar-refractivity contribution in [2.24, 2.45) is 0 Å². The molecule has 5 nitrogen and oxygen atoms in total. The van der Waals surface area contributed by atoms with Crippen LogP contribution in [0.2, 0.25) is 0 Å². The molecule has 2 aromatic carbocycles. The molecule has 2 heterocycles. The zero-order chi connectivity index (χ0) is 22.1. The molecule has 1 saturated heterocycles. The molecule has 0 unspecified atom stereocenters. The van der Waals surface area contributed by atoms with Gasteiger partial charge in [-0.25, -0.2) is 8.78 Å². The highest BCUT2D eigenvalue weighted by atomic mass is 19.1. The summed E-state index contributed by atoms with van der Waals surface area (Å²) in [4.78, 5) is 0. The molecule has 1 fully saturated rings. The zero-order valence-corrected chi connectivity index (χ0v) is 17.6. The van der Waals surface area contributed by atoms with E-state index in [1.807, 2.05) is 13.8 Å². The Hall–Kier alpha value is -2.48. The number of nitrogens with zero attached hydrogens (tertiary/aromatic N) is 1. The Kier molecular flexibility index (Phi) is 6.27. The van der Waals surface area contributed by atoms with Crippen molar-refractivity contribution in [2.75, 3.05) is 6.61 Å². The molecule has 1 aromatic heterocycles. The van der Waals surface area contributed by atoms with Gasteiger partial charge in [-0.05, 0) is 32.0 Å². The quantitative estimate of drug-likeness (QED) is 0.610. The van der Waals surface area contributed by atoms with Crippen LogP contribution in [0.1, 0.15) is 43.9 Å². The first-order valence-electron chi connectivity index (χ1n) is 10.5. The van der Waals surface area contributed by atoms with Crippen molar-refractivity contribution in [1.29, 1.82) is 0 Å². The topological polar surface area (TPSA) is 63.9 Å². The Bertz CT molecular complexity index is 1070. The summed E-state index contributed by atoms with van der Waals surface area (Å²) in [6, 6.07) is 9.50. The number of hydrogen-bond acceptors (Lipinski definition) is 4. The molecule has 1 aliphatic rings. The van der Waals surface area contributed by atoms with Crippen LogP contribution in [0.25, 0.3) is 10.9 Å². The van der Waals surface area contributed by atoms with E-state index in [1.165, 1.54) is 12.1 Å². The lowest BCUT2D eigenvalue weighted by Crippen LogP contribution is -2.33. The van der Waals surface area contributed by atoms with Gasteiger partial charge in [0.2, 0.25) is 0 Å². The van der Waals surface area contributed by atoms with Crippen molar-refractivity contribution >= 4 is 10.9 Å². The highest BCUT2D eigenvalue weighted by Crippen LogP contribution is 2.37. The minimum atomic E-state index is -0.646. The van der Waals surface area contributed by atoms with Gasteiger partial charge >= 0.3 is 0 Å². The SMILES string of the molecule is CC(C)Oc1ccc(Cn2cc([C@H]3C[C@@H](O)C[C@@H](CO)O3)c3c(F)cccc32)c(F)c1. The molecule has 166 valence electrons. The van der Waals surface area contributed by atoms with Gasteiger partial charge in [0, 0.05) is 41.6 Å². The third-order valence-corrected chi connectivity index (χ3v) is 5.55. The van der Waals surface area contributed by atoms with Crippen molar-refractivity contribution in [2.45, 2.75) is 57.6 Å². The standard InChI is InChI=1S/C24H27F2NO4/c1-14(2)30-17-7-6-15(21(26)10-17)11-27-12-19(24-20(25)4-3-5-22(24)27)23-9-16(29)8-18(13-28)31-23/h3-7,10,12,14,16,18,23,28-29H,8-9,11,13H2,1-2H3/t16-,18-,23+/m0/s1. The number of aliphatic hydroxyl groups is 2. The molecule has 0 radical (unpaired) electrons. The number of aromatic nitrogens is 1. The fourth-order valence-corrected chi connectivity index (χ4v) is 4.21. The predicted octanol–water partition coefficient (Wildman–Crippen LogP) is 4.33. The average molecular weight is 431 g/mol. The second-order valence-corrected chi connectivity index (χ2v) is 8.32. The molecule has 0 bridgehead atoms. The van der Waals surface area contributed by atoms with Crippen molar-refractivity contribution in [3.05, 3.63) is 65.4 Å². The van der Waals surface area contributed by atoms with Crippen LogP contribution in [0, 0.1) is 11.6 Å². The Morgan fingerprint density at radius 1 is 1.16 bits per heavy atom. The summed E-state index contributed by atoms with van der Waals surface area (Å²) in [6.07, 6.45) is 0.620. The van der Waals surface area contributed by atoms with E-state index in [4.69, 9.17) is 9.47 Å². The fourth-order valence-electron chi connectivity index (χ4n) is 4.21. The largest absolute Gasteiger partial charge is 0.491 e. The van der Waals surface area contributed by atoms with E-state index in [0.29, 0.717) is 40.6 Å². The Balaban J connectivity index is 1.70. The lowest BCUT2D eigenvalue weighted by molar-refractivity contribution is -0.113. The first kappa shape index (κ1) is 21.7. The van der Waals surface area contributed by atoms with Crippen LogP contribution in [0.5, 0.6) is 5.75 Å². The molecule has 4 rings (SSSR count). The number of halogens is 2. The van der Waals surface area contributed by atoms with Gasteiger partial charge in [-0.15, -0.1) is 0 Å². The molecule has 0 aliphatic carbocycles. The number of benzene rings is 2. The minimum Gasteiger partial charge on any atom is -0.491 e. The summed E-state index contributed by atoms with van der Waals surface area (Å²) in [5.74, 6) is -0.348. The second-order valence-electron chi connectivity index (χ2n) is 8.32. The number of ether oxygens (including phenoxy) is 2. The van der Waals surface area contributed by atoms with Crippen LogP contribution < -0.4 is 4.74 Å². The van der Waals surface area contributed by atoms with Crippen molar-refractivity contribution in [3.63, 3.8) is 0 Å². The highest BCUT2D eigenvalue weighted by molar-refractivity contribution is 5.85. The summed E-state index contributed by atoms with van der Waals surface area (Å²) in [5.41, 5.74) is 1.65. The summed E-state index contributed by atoms with van der Waals surface area (Å²) in [5, 5.41) is 20.1. The molecule has 0 amide bonds. The molecule has 0 saturated carbocycles. The zero-order valence-electron chi connectivity index (χ0n) is 17.6. The van der Waals surface area contributed by atoms with E-state index in [9.17, 15) is 19.0 Å². The van der Waals surface area contributed by atoms with Crippen LogP contribution in [-0.2, 0) is 11.3 Å². The Labute approximate surface area is 179 Å². The lowest BCUT2D eigenvalue weighted by Gasteiger charge is -2.32. The van der Waals surface area contributed by atoms with Crippen LogP contribution in [0.3, 0.4) is 0 Å². The van der Waals surface area contributed by atoms with Crippen LogP contribution in [0.4, 0.5) is 8.78 Å². The summed E-state index contributed by atoms with van der Waals surface area (Å²) >= 11 is 0. The summed E-state index contributed by atoms with van der Waals surface area (Å²) in [7, 11) is 0. The first-order chi connectivity index (χ1) is 14.9. The molecule has 31 heavy (non-hydrogen) atoms. The first-order valence-corrected chi connectivity index (χ1v) is 10.5. The third-order valence-electron chi connectivity index (χ3n) is 5.55. The highest BCUT2D eigenvalue weighted by Gasteiger charge is 2.31. The third kappa shape index (κ3) is 4.59. The lowest BCUT2D eigenvalue weighted by atomic mass is 9.96. The molecule has 1 aliphatic heterocycles.